The third kappa shape index (κ3) is 5.08. The van der Waals surface area contributed by atoms with E-state index in [1.165, 1.54) is 29.5 Å². The van der Waals surface area contributed by atoms with Crippen LogP contribution in [-0.4, -0.2) is 77.2 Å². The van der Waals surface area contributed by atoms with Gasteiger partial charge in [-0.3, -0.25) is 14.6 Å². The van der Waals surface area contributed by atoms with Gasteiger partial charge in [-0.05, 0) is 61.6 Å². The highest BCUT2D eigenvalue weighted by molar-refractivity contribution is 5.97. The molecule has 1 unspecified atom stereocenters. The quantitative estimate of drug-likeness (QED) is 0.735. The van der Waals surface area contributed by atoms with Crippen molar-refractivity contribution < 1.29 is 14.6 Å². The number of fused-ring (bicyclic) bond motifs is 2. The Kier molecular flexibility index (Phi) is 6.67. The molecule has 5 rings (SSSR count). The van der Waals surface area contributed by atoms with Crippen LogP contribution in [-0.2, 0) is 19.5 Å². The number of amides is 1. The van der Waals surface area contributed by atoms with Crippen molar-refractivity contribution in [2.24, 2.45) is 0 Å². The number of hydrogen-bond acceptors (Lipinski definition) is 5. The second-order valence-corrected chi connectivity index (χ2v) is 9.80. The van der Waals surface area contributed by atoms with Gasteiger partial charge in [0.1, 0.15) is 12.4 Å². The lowest BCUT2D eigenvalue weighted by Crippen LogP contribution is -2.44. The molecule has 1 amide bonds. The van der Waals surface area contributed by atoms with E-state index < -0.39 is 6.10 Å². The Morgan fingerprint density at radius 2 is 1.94 bits per heavy atom. The van der Waals surface area contributed by atoms with Gasteiger partial charge in [-0.2, -0.15) is 0 Å². The molecule has 1 N–H and O–H groups in total. The first-order valence-electron chi connectivity index (χ1n) is 12.3. The number of rotatable bonds is 6. The van der Waals surface area contributed by atoms with Gasteiger partial charge in [-0.1, -0.05) is 30.3 Å². The molecule has 0 bridgehead atoms. The van der Waals surface area contributed by atoms with Gasteiger partial charge in [0, 0.05) is 38.8 Å². The third-order valence-electron chi connectivity index (χ3n) is 7.37. The molecular formula is C27H35N3O3. The number of aliphatic hydroxyl groups excluding tert-OH is 1. The minimum absolute atomic E-state index is 0.0494. The fourth-order valence-corrected chi connectivity index (χ4v) is 5.46. The van der Waals surface area contributed by atoms with Gasteiger partial charge in [0.05, 0.1) is 18.2 Å². The molecular weight excluding hydrogens is 414 g/mol. The number of β-amino-alcohol motifs (C(OH)–C–C–N with tert-alkyl or cyclic N) is 1. The summed E-state index contributed by atoms with van der Waals surface area (Å²) < 4.78 is 5.98. The minimum atomic E-state index is -0.586. The lowest BCUT2D eigenvalue weighted by molar-refractivity contribution is 0.0501. The summed E-state index contributed by atoms with van der Waals surface area (Å²) >= 11 is 0. The summed E-state index contributed by atoms with van der Waals surface area (Å²) in [4.78, 5) is 19.8. The van der Waals surface area contributed by atoms with Crippen LogP contribution in [0, 0.1) is 0 Å². The molecule has 33 heavy (non-hydrogen) atoms. The molecule has 0 saturated carbocycles. The maximum absolute atomic E-state index is 13.2. The van der Waals surface area contributed by atoms with E-state index in [9.17, 15) is 9.90 Å². The average molecular weight is 450 g/mol. The Morgan fingerprint density at radius 3 is 2.76 bits per heavy atom. The van der Waals surface area contributed by atoms with E-state index in [4.69, 9.17) is 4.74 Å². The van der Waals surface area contributed by atoms with Gasteiger partial charge in [-0.15, -0.1) is 0 Å². The molecule has 1 saturated heterocycles. The van der Waals surface area contributed by atoms with Crippen molar-refractivity contribution in [3.8, 4) is 5.75 Å². The summed E-state index contributed by atoms with van der Waals surface area (Å²) in [6.07, 6.45) is 2.92. The Morgan fingerprint density at radius 1 is 1.09 bits per heavy atom. The van der Waals surface area contributed by atoms with E-state index in [0.29, 0.717) is 43.6 Å². The second-order valence-electron chi connectivity index (χ2n) is 9.80. The molecule has 0 radical (unpaired) electrons. The zero-order valence-corrected chi connectivity index (χ0v) is 19.6. The molecule has 3 heterocycles. The zero-order valence-electron chi connectivity index (χ0n) is 19.6. The lowest BCUT2D eigenvalue weighted by Gasteiger charge is -2.32. The highest BCUT2D eigenvalue weighted by Gasteiger charge is 2.27. The first-order valence-corrected chi connectivity index (χ1v) is 12.3. The summed E-state index contributed by atoms with van der Waals surface area (Å²) in [5.41, 5.74) is 4.53. The topological polar surface area (TPSA) is 56.2 Å². The fourth-order valence-electron chi connectivity index (χ4n) is 5.46. The van der Waals surface area contributed by atoms with Gasteiger partial charge in [0.25, 0.3) is 5.91 Å². The van der Waals surface area contributed by atoms with E-state index in [2.05, 4.69) is 47.1 Å². The first-order chi connectivity index (χ1) is 16.1. The molecule has 176 valence electrons. The number of carbonyl (C=O) groups is 1. The summed E-state index contributed by atoms with van der Waals surface area (Å²) in [5, 5.41) is 10.8. The zero-order chi connectivity index (χ0) is 22.8. The molecule has 3 aliphatic heterocycles. The van der Waals surface area contributed by atoms with Crippen molar-refractivity contribution in [3.63, 3.8) is 0 Å². The van der Waals surface area contributed by atoms with Crippen LogP contribution in [0.15, 0.2) is 42.5 Å². The molecule has 0 aromatic heterocycles. The third-order valence-corrected chi connectivity index (χ3v) is 7.37. The van der Waals surface area contributed by atoms with Crippen molar-refractivity contribution in [1.82, 2.24) is 14.7 Å². The van der Waals surface area contributed by atoms with E-state index in [0.717, 1.165) is 32.6 Å². The monoisotopic (exact) mass is 449 g/mol. The number of ether oxygens (including phenoxy) is 1. The highest BCUT2D eigenvalue weighted by Crippen LogP contribution is 2.27. The number of hydrogen-bond donors (Lipinski definition) is 1. The molecule has 2 atom stereocenters. The van der Waals surface area contributed by atoms with Crippen LogP contribution in [0.5, 0.6) is 5.75 Å². The van der Waals surface area contributed by atoms with Crippen LogP contribution < -0.4 is 4.74 Å². The van der Waals surface area contributed by atoms with Crippen molar-refractivity contribution in [2.75, 3.05) is 39.3 Å². The summed E-state index contributed by atoms with van der Waals surface area (Å²) in [5.74, 6) is 0.626. The second kappa shape index (κ2) is 9.84. The molecule has 2 aromatic carbocycles. The number of benzene rings is 2. The standard InChI is InChI=1S/C27H35N3O3/c1-20-5-4-11-29(20)16-21-8-9-25-26(15-21)33-14-13-30(27(25)32)19-24(31)18-28-12-10-22-6-2-3-7-23(22)17-28/h2-3,6-9,15,20,24,31H,4-5,10-14,16-19H2,1H3/t20-,24?/m1/s1. The SMILES string of the molecule is C[C@@H]1CCCN1Cc1ccc2c(c1)OCCN(CC(O)CN1CCc3ccccc3C1)C2=O. The van der Waals surface area contributed by atoms with E-state index in [-0.39, 0.29) is 5.91 Å². The summed E-state index contributed by atoms with van der Waals surface area (Å²) in [6.45, 7) is 7.93. The number of aliphatic hydroxyl groups is 1. The van der Waals surface area contributed by atoms with Crippen molar-refractivity contribution in [1.29, 1.82) is 0 Å². The van der Waals surface area contributed by atoms with E-state index >= 15 is 0 Å². The van der Waals surface area contributed by atoms with Crippen LogP contribution in [0.3, 0.4) is 0 Å². The number of carbonyl (C=O) groups excluding carboxylic acids is 1. The smallest absolute Gasteiger partial charge is 0.257 e. The Hall–Kier alpha value is -2.41. The lowest BCUT2D eigenvalue weighted by atomic mass is 10.00. The van der Waals surface area contributed by atoms with Crippen LogP contribution in [0.25, 0.3) is 0 Å². The highest BCUT2D eigenvalue weighted by atomic mass is 16.5. The average Bonchev–Trinajstić information content (AvgIpc) is 3.15. The van der Waals surface area contributed by atoms with Gasteiger partial charge in [-0.25, -0.2) is 0 Å². The van der Waals surface area contributed by atoms with Gasteiger partial charge in [0.15, 0.2) is 0 Å². The normalized spacial score (nSPS) is 22.4. The van der Waals surface area contributed by atoms with Crippen LogP contribution in [0.1, 0.15) is 46.8 Å². The van der Waals surface area contributed by atoms with Crippen molar-refractivity contribution >= 4 is 5.91 Å². The van der Waals surface area contributed by atoms with Crippen LogP contribution in [0.4, 0.5) is 0 Å². The molecule has 2 aromatic rings. The largest absolute Gasteiger partial charge is 0.491 e. The first kappa shape index (κ1) is 22.4. The Bertz CT molecular complexity index is 994. The van der Waals surface area contributed by atoms with Crippen LogP contribution in [0.2, 0.25) is 0 Å². The maximum Gasteiger partial charge on any atom is 0.257 e. The Balaban J connectivity index is 1.20. The number of likely N-dealkylation sites (tertiary alicyclic amines) is 1. The molecule has 3 aliphatic rings. The fraction of sp³-hybridized carbons (Fsp3) is 0.519. The predicted molar refractivity (Wildman–Crippen MR) is 128 cm³/mol. The summed E-state index contributed by atoms with van der Waals surface area (Å²) in [6, 6.07) is 15.1. The number of nitrogens with zero attached hydrogens (tertiary/aromatic N) is 3. The molecule has 0 spiro atoms. The van der Waals surface area contributed by atoms with Gasteiger partial charge in [0.2, 0.25) is 0 Å². The van der Waals surface area contributed by atoms with Gasteiger partial charge >= 0.3 is 0 Å². The Labute approximate surface area is 196 Å². The maximum atomic E-state index is 13.2. The van der Waals surface area contributed by atoms with E-state index in [1.54, 1.807) is 4.90 Å². The molecule has 6 heteroatoms. The molecule has 6 nitrogen and oxygen atoms in total. The van der Waals surface area contributed by atoms with Gasteiger partial charge < -0.3 is 14.7 Å². The summed E-state index contributed by atoms with van der Waals surface area (Å²) in [7, 11) is 0. The molecule has 0 aliphatic carbocycles. The minimum Gasteiger partial charge on any atom is -0.491 e. The van der Waals surface area contributed by atoms with Crippen molar-refractivity contribution in [3.05, 3.63) is 64.7 Å². The molecule has 1 fully saturated rings. The van der Waals surface area contributed by atoms with Crippen LogP contribution >= 0.6 is 0 Å². The van der Waals surface area contributed by atoms with E-state index in [1.807, 2.05) is 12.1 Å². The predicted octanol–water partition coefficient (Wildman–Crippen LogP) is 2.92. The van der Waals surface area contributed by atoms with Crippen molar-refractivity contribution in [2.45, 2.75) is 51.4 Å².